The first kappa shape index (κ1) is 13.8. The van der Waals surface area contributed by atoms with Crippen LogP contribution in [0.4, 0.5) is 10.1 Å². The minimum atomic E-state index is -0.870. The topological polar surface area (TPSA) is 81.5 Å². The van der Waals surface area contributed by atoms with Crippen molar-refractivity contribution in [1.82, 2.24) is 0 Å². The lowest BCUT2D eigenvalue weighted by Crippen LogP contribution is -2.37. The molecule has 19 heavy (non-hydrogen) atoms. The predicted octanol–water partition coefficient (Wildman–Crippen LogP) is 2.65. The normalized spacial score (nSPS) is 26.9. The van der Waals surface area contributed by atoms with Crippen LogP contribution in [0.3, 0.4) is 0 Å². The number of non-ortho nitro benzene ring substituents is 1. The fraction of sp³-hybridized carbons (Fsp3) is 0.417. The molecule has 0 fully saturated rings. The first-order valence-electron chi connectivity index (χ1n) is 5.77. The van der Waals surface area contributed by atoms with Gasteiger partial charge < -0.3 is 5.73 Å². The molecule has 2 rings (SSSR count). The average Bonchev–Trinajstić information content (AvgIpc) is 2.34. The van der Waals surface area contributed by atoms with Gasteiger partial charge in [0, 0.05) is 23.4 Å². The lowest BCUT2D eigenvalue weighted by atomic mass is 9.81. The first-order chi connectivity index (χ1) is 8.84. The van der Waals surface area contributed by atoms with Gasteiger partial charge in [-0.15, -0.1) is 0 Å². The number of hydrogen-bond donors (Lipinski definition) is 1. The number of halogens is 1. The van der Waals surface area contributed by atoms with Crippen LogP contribution in [0.5, 0.6) is 0 Å². The number of hydrogen-bond acceptors (Lipinski definition) is 5. The third kappa shape index (κ3) is 2.42. The van der Waals surface area contributed by atoms with E-state index in [-0.39, 0.29) is 17.2 Å². The van der Waals surface area contributed by atoms with E-state index in [9.17, 15) is 14.5 Å². The van der Waals surface area contributed by atoms with Crippen molar-refractivity contribution in [3.63, 3.8) is 0 Å². The highest BCUT2D eigenvalue weighted by Crippen LogP contribution is 2.41. The summed E-state index contributed by atoms with van der Waals surface area (Å²) in [5, 5.41) is 11.2. The zero-order valence-corrected chi connectivity index (χ0v) is 11.4. The molecule has 1 aliphatic heterocycles. The second-order valence-electron chi connectivity index (χ2n) is 4.73. The van der Waals surface area contributed by atoms with Crippen molar-refractivity contribution < 1.29 is 9.31 Å². The van der Waals surface area contributed by atoms with Crippen molar-refractivity contribution in [2.24, 2.45) is 16.6 Å². The maximum Gasteiger partial charge on any atom is 0.270 e. The predicted molar refractivity (Wildman–Crippen MR) is 73.7 cm³/mol. The minimum absolute atomic E-state index is 0.0290. The first-order valence-corrected chi connectivity index (χ1v) is 6.75. The summed E-state index contributed by atoms with van der Waals surface area (Å²) in [5.74, 6) is 0.234. The fourth-order valence-corrected chi connectivity index (χ4v) is 3.08. The van der Waals surface area contributed by atoms with Gasteiger partial charge in [-0.25, -0.2) is 4.39 Å². The van der Waals surface area contributed by atoms with E-state index in [1.807, 2.05) is 6.92 Å². The van der Waals surface area contributed by atoms with Crippen LogP contribution in [0.25, 0.3) is 0 Å². The second kappa shape index (κ2) is 4.80. The molecule has 7 heteroatoms. The second-order valence-corrected chi connectivity index (χ2v) is 5.77. The zero-order chi connectivity index (χ0) is 14.2. The van der Waals surface area contributed by atoms with Crippen molar-refractivity contribution in [2.75, 3.05) is 5.75 Å². The van der Waals surface area contributed by atoms with E-state index < -0.39 is 16.3 Å². The maximum atomic E-state index is 14.0. The maximum absolute atomic E-state index is 14.0. The van der Waals surface area contributed by atoms with Crippen molar-refractivity contribution in [3.8, 4) is 0 Å². The highest BCUT2D eigenvalue weighted by molar-refractivity contribution is 8.13. The summed E-state index contributed by atoms with van der Waals surface area (Å²) in [5.41, 5.74) is 4.92. The molecule has 0 bridgehead atoms. The number of nitrogens with zero attached hydrogens (tertiary/aromatic N) is 2. The Labute approximate surface area is 114 Å². The number of amidine groups is 1. The van der Waals surface area contributed by atoms with Crippen LogP contribution in [0.1, 0.15) is 19.4 Å². The number of rotatable bonds is 2. The van der Waals surface area contributed by atoms with Gasteiger partial charge in [0.1, 0.15) is 5.82 Å². The molecule has 5 nitrogen and oxygen atoms in total. The Balaban J connectivity index is 2.59. The fourth-order valence-electron chi connectivity index (χ4n) is 2.08. The third-order valence-electron chi connectivity index (χ3n) is 3.49. The van der Waals surface area contributed by atoms with Gasteiger partial charge in [0.15, 0.2) is 5.17 Å². The third-order valence-corrected chi connectivity index (χ3v) is 4.54. The molecular weight excluding hydrogens is 269 g/mol. The SMILES string of the molecule is CC1CSC(N)=N[C@]1(C)c1cc([N+](=O)[O-])ccc1F. The van der Waals surface area contributed by atoms with E-state index >= 15 is 0 Å². The molecule has 1 aromatic carbocycles. The van der Waals surface area contributed by atoms with E-state index in [1.54, 1.807) is 6.92 Å². The number of aliphatic imine (C=N–C) groups is 1. The van der Waals surface area contributed by atoms with Crippen LogP contribution in [0.15, 0.2) is 23.2 Å². The average molecular weight is 283 g/mol. The summed E-state index contributed by atoms with van der Waals surface area (Å²) in [7, 11) is 0. The summed E-state index contributed by atoms with van der Waals surface area (Å²) in [6, 6.07) is 3.51. The van der Waals surface area contributed by atoms with Crippen LogP contribution in [0.2, 0.25) is 0 Å². The highest BCUT2D eigenvalue weighted by atomic mass is 32.2. The Morgan fingerprint density at radius 1 is 1.63 bits per heavy atom. The number of thioether (sulfide) groups is 1. The van der Waals surface area contributed by atoms with E-state index in [1.165, 1.54) is 17.8 Å². The van der Waals surface area contributed by atoms with Crippen LogP contribution >= 0.6 is 11.8 Å². The van der Waals surface area contributed by atoms with Crippen LogP contribution in [-0.2, 0) is 5.54 Å². The molecule has 0 spiro atoms. The van der Waals surface area contributed by atoms with Gasteiger partial charge in [-0.05, 0) is 18.9 Å². The Morgan fingerprint density at radius 2 is 2.32 bits per heavy atom. The molecule has 0 aromatic heterocycles. The van der Waals surface area contributed by atoms with Crippen LogP contribution < -0.4 is 5.73 Å². The molecule has 0 amide bonds. The Kier molecular flexibility index (Phi) is 3.49. The zero-order valence-electron chi connectivity index (χ0n) is 10.6. The molecular formula is C12H14FN3O2S. The van der Waals surface area contributed by atoms with Gasteiger partial charge in [-0.1, -0.05) is 18.7 Å². The standard InChI is InChI=1S/C12H14FN3O2S/c1-7-6-19-11(14)15-12(7,2)9-5-8(16(17)18)3-4-10(9)13/h3-5,7H,6H2,1-2H3,(H2,14,15)/t7?,12-/m0/s1. The molecule has 1 heterocycles. The van der Waals surface area contributed by atoms with E-state index in [0.29, 0.717) is 10.9 Å². The van der Waals surface area contributed by atoms with E-state index in [2.05, 4.69) is 4.99 Å². The molecule has 0 aliphatic carbocycles. The summed E-state index contributed by atoms with van der Waals surface area (Å²) < 4.78 is 14.0. The smallest absolute Gasteiger partial charge is 0.270 e. The summed E-state index contributed by atoms with van der Waals surface area (Å²) in [6.45, 7) is 3.69. The number of nitro benzene ring substituents is 1. The Hall–Kier alpha value is -1.63. The summed E-state index contributed by atoms with van der Waals surface area (Å²) in [6.07, 6.45) is 0. The van der Waals surface area contributed by atoms with Gasteiger partial charge in [0.25, 0.3) is 5.69 Å². The monoisotopic (exact) mass is 283 g/mol. The quantitative estimate of drug-likeness (QED) is 0.668. The van der Waals surface area contributed by atoms with E-state index in [0.717, 1.165) is 12.1 Å². The molecule has 0 radical (unpaired) electrons. The summed E-state index contributed by atoms with van der Waals surface area (Å²) >= 11 is 1.41. The molecule has 2 N–H and O–H groups in total. The Bertz CT molecular complexity index is 564. The molecule has 1 unspecified atom stereocenters. The van der Waals surface area contributed by atoms with Gasteiger partial charge in [0.2, 0.25) is 0 Å². The largest absolute Gasteiger partial charge is 0.379 e. The van der Waals surface area contributed by atoms with Crippen LogP contribution in [-0.4, -0.2) is 15.8 Å². The molecule has 1 aliphatic rings. The molecule has 2 atom stereocenters. The summed E-state index contributed by atoms with van der Waals surface area (Å²) in [4.78, 5) is 14.6. The number of nitro groups is 1. The molecule has 102 valence electrons. The lowest BCUT2D eigenvalue weighted by molar-refractivity contribution is -0.385. The highest BCUT2D eigenvalue weighted by Gasteiger charge is 2.39. The minimum Gasteiger partial charge on any atom is -0.379 e. The van der Waals surface area contributed by atoms with Crippen molar-refractivity contribution in [3.05, 3.63) is 39.7 Å². The van der Waals surface area contributed by atoms with E-state index in [4.69, 9.17) is 5.73 Å². The van der Waals surface area contributed by atoms with Gasteiger partial charge in [-0.2, -0.15) is 0 Å². The van der Waals surface area contributed by atoms with Gasteiger partial charge >= 0.3 is 0 Å². The number of nitrogens with two attached hydrogens (primary N) is 1. The lowest BCUT2D eigenvalue weighted by Gasteiger charge is -2.35. The molecule has 0 saturated carbocycles. The van der Waals surface area contributed by atoms with Gasteiger partial charge in [0.05, 0.1) is 10.5 Å². The molecule has 1 aromatic rings. The van der Waals surface area contributed by atoms with Crippen molar-refractivity contribution in [1.29, 1.82) is 0 Å². The Morgan fingerprint density at radius 3 is 2.95 bits per heavy atom. The van der Waals surface area contributed by atoms with Crippen molar-refractivity contribution in [2.45, 2.75) is 19.4 Å². The van der Waals surface area contributed by atoms with Gasteiger partial charge in [-0.3, -0.25) is 15.1 Å². The number of benzene rings is 1. The van der Waals surface area contributed by atoms with Crippen molar-refractivity contribution >= 4 is 22.6 Å². The van der Waals surface area contributed by atoms with Crippen LogP contribution in [0, 0.1) is 21.8 Å². The molecule has 0 saturated heterocycles.